The Labute approximate surface area is 159 Å². The van der Waals surface area contributed by atoms with Crippen molar-refractivity contribution in [3.63, 3.8) is 0 Å². The van der Waals surface area contributed by atoms with Gasteiger partial charge < -0.3 is 29.5 Å². The summed E-state index contributed by atoms with van der Waals surface area (Å²) in [5, 5.41) is 12.2. The molecule has 1 atom stereocenters. The molecular formula is C19H28N2O6. The van der Waals surface area contributed by atoms with Crippen LogP contribution < -0.4 is 14.8 Å². The first-order valence-corrected chi connectivity index (χ1v) is 9.05. The molecule has 0 aromatic heterocycles. The molecule has 1 saturated heterocycles. The monoisotopic (exact) mass is 380 g/mol. The van der Waals surface area contributed by atoms with E-state index in [4.69, 9.17) is 14.2 Å². The van der Waals surface area contributed by atoms with Gasteiger partial charge in [-0.3, -0.25) is 9.59 Å². The van der Waals surface area contributed by atoms with Crippen LogP contribution in [0.2, 0.25) is 0 Å². The van der Waals surface area contributed by atoms with Crippen LogP contribution in [-0.2, 0) is 9.53 Å². The molecule has 0 bridgehead atoms. The van der Waals surface area contributed by atoms with E-state index in [9.17, 15) is 14.7 Å². The number of methoxy groups -OCH3 is 2. The SMILES string of the molecule is COCCNC(=O)c1ccc(OC)cc1OC1CCN(C(=O)C(C)O)CC1. The topological polar surface area (TPSA) is 97.3 Å². The molecule has 150 valence electrons. The van der Waals surface area contributed by atoms with Gasteiger partial charge in [0.2, 0.25) is 0 Å². The molecule has 1 aliphatic rings. The predicted molar refractivity (Wildman–Crippen MR) is 99.1 cm³/mol. The molecule has 0 aliphatic carbocycles. The van der Waals surface area contributed by atoms with Crippen LogP contribution in [-0.4, -0.2) is 74.5 Å². The number of piperidine rings is 1. The van der Waals surface area contributed by atoms with Crippen LogP contribution in [0.3, 0.4) is 0 Å². The number of nitrogens with zero attached hydrogens (tertiary/aromatic N) is 1. The van der Waals surface area contributed by atoms with Gasteiger partial charge in [-0.05, 0) is 19.1 Å². The molecule has 0 spiro atoms. The molecule has 27 heavy (non-hydrogen) atoms. The fourth-order valence-corrected chi connectivity index (χ4v) is 2.91. The van der Waals surface area contributed by atoms with Crippen LogP contribution in [0.15, 0.2) is 18.2 Å². The van der Waals surface area contributed by atoms with E-state index in [1.54, 1.807) is 37.3 Å². The van der Waals surface area contributed by atoms with Crippen molar-refractivity contribution in [2.24, 2.45) is 0 Å². The number of aliphatic hydroxyl groups is 1. The lowest BCUT2D eigenvalue weighted by Crippen LogP contribution is -2.45. The Bertz CT molecular complexity index is 641. The highest BCUT2D eigenvalue weighted by atomic mass is 16.5. The molecule has 1 aromatic rings. The van der Waals surface area contributed by atoms with E-state index in [-0.39, 0.29) is 17.9 Å². The van der Waals surface area contributed by atoms with E-state index in [2.05, 4.69) is 5.32 Å². The van der Waals surface area contributed by atoms with Gasteiger partial charge in [0, 0.05) is 45.7 Å². The minimum Gasteiger partial charge on any atom is -0.497 e. The standard InChI is InChI=1S/C19H28N2O6/c1-13(22)19(24)21-9-6-14(7-10-21)27-17-12-15(26-3)4-5-16(17)18(23)20-8-11-25-2/h4-5,12-14,22H,6-11H2,1-3H3,(H,20,23). The largest absolute Gasteiger partial charge is 0.497 e. The van der Waals surface area contributed by atoms with E-state index in [0.717, 1.165) is 0 Å². The normalized spacial score (nSPS) is 15.9. The number of carbonyl (C=O) groups excluding carboxylic acids is 2. The number of rotatable bonds is 8. The zero-order valence-corrected chi connectivity index (χ0v) is 16.1. The lowest BCUT2D eigenvalue weighted by atomic mass is 10.1. The average Bonchev–Trinajstić information content (AvgIpc) is 2.68. The first-order chi connectivity index (χ1) is 13.0. The van der Waals surface area contributed by atoms with Crippen LogP contribution >= 0.6 is 0 Å². The van der Waals surface area contributed by atoms with Gasteiger partial charge >= 0.3 is 0 Å². The highest BCUT2D eigenvalue weighted by Gasteiger charge is 2.27. The van der Waals surface area contributed by atoms with Gasteiger partial charge in [-0.15, -0.1) is 0 Å². The van der Waals surface area contributed by atoms with Gasteiger partial charge in [0.25, 0.3) is 11.8 Å². The summed E-state index contributed by atoms with van der Waals surface area (Å²) in [6, 6.07) is 5.07. The number of hydrogen-bond donors (Lipinski definition) is 2. The maximum absolute atomic E-state index is 12.4. The van der Waals surface area contributed by atoms with Crippen LogP contribution in [0.25, 0.3) is 0 Å². The van der Waals surface area contributed by atoms with E-state index in [1.807, 2.05) is 0 Å². The van der Waals surface area contributed by atoms with Gasteiger partial charge in [0.15, 0.2) is 0 Å². The molecule has 1 aromatic carbocycles. The second-order valence-corrected chi connectivity index (χ2v) is 6.43. The fourth-order valence-electron chi connectivity index (χ4n) is 2.91. The van der Waals surface area contributed by atoms with Crippen LogP contribution in [0.5, 0.6) is 11.5 Å². The molecule has 8 heteroatoms. The summed E-state index contributed by atoms with van der Waals surface area (Å²) in [5.41, 5.74) is 0.425. The van der Waals surface area contributed by atoms with Gasteiger partial charge in [-0.25, -0.2) is 0 Å². The van der Waals surface area contributed by atoms with Crippen molar-refractivity contribution in [3.8, 4) is 11.5 Å². The molecule has 8 nitrogen and oxygen atoms in total. The quantitative estimate of drug-likeness (QED) is 0.648. The number of aliphatic hydroxyl groups excluding tert-OH is 1. The van der Waals surface area contributed by atoms with Crippen molar-refractivity contribution in [2.45, 2.75) is 32.0 Å². The zero-order valence-electron chi connectivity index (χ0n) is 16.1. The predicted octanol–water partition coefficient (Wildman–Crippen LogP) is 0.822. The number of amides is 2. The molecule has 1 fully saturated rings. The van der Waals surface area contributed by atoms with Crippen molar-refractivity contribution in [1.82, 2.24) is 10.2 Å². The Morgan fingerprint density at radius 3 is 2.59 bits per heavy atom. The number of hydrogen-bond acceptors (Lipinski definition) is 6. The van der Waals surface area contributed by atoms with Crippen molar-refractivity contribution in [3.05, 3.63) is 23.8 Å². The van der Waals surface area contributed by atoms with E-state index in [1.165, 1.54) is 6.92 Å². The number of likely N-dealkylation sites (tertiary alicyclic amines) is 1. The highest BCUT2D eigenvalue weighted by Crippen LogP contribution is 2.28. The Morgan fingerprint density at radius 1 is 1.30 bits per heavy atom. The minimum atomic E-state index is -0.997. The zero-order chi connectivity index (χ0) is 19.8. The number of benzene rings is 1. The summed E-state index contributed by atoms with van der Waals surface area (Å²) in [6.45, 7) is 3.31. The minimum absolute atomic E-state index is 0.124. The molecule has 2 amide bonds. The molecule has 2 N–H and O–H groups in total. The number of nitrogens with one attached hydrogen (secondary N) is 1. The fraction of sp³-hybridized carbons (Fsp3) is 0.579. The molecule has 0 radical (unpaired) electrons. The summed E-state index contributed by atoms with van der Waals surface area (Å²) in [7, 11) is 3.13. The Hall–Kier alpha value is -2.32. The van der Waals surface area contributed by atoms with Crippen LogP contribution in [0, 0.1) is 0 Å². The Morgan fingerprint density at radius 2 is 2.00 bits per heavy atom. The molecule has 1 heterocycles. The summed E-state index contributed by atoms with van der Waals surface area (Å²) in [5.74, 6) is 0.532. The molecule has 0 saturated carbocycles. The van der Waals surface area contributed by atoms with Crippen molar-refractivity contribution in [1.29, 1.82) is 0 Å². The average molecular weight is 380 g/mol. The van der Waals surface area contributed by atoms with E-state index >= 15 is 0 Å². The van der Waals surface area contributed by atoms with Crippen LogP contribution in [0.1, 0.15) is 30.1 Å². The Kier molecular flexibility index (Phi) is 7.87. The second kappa shape index (κ2) is 10.1. The van der Waals surface area contributed by atoms with Gasteiger partial charge in [0.1, 0.15) is 23.7 Å². The Balaban J connectivity index is 2.04. The van der Waals surface area contributed by atoms with E-state index in [0.29, 0.717) is 56.1 Å². The third-order valence-electron chi connectivity index (χ3n) is 4.43. The summed E-state index contributed by atoms with van der Waals surface area (Å²) >= 11 is 0. The lowest BCUT2D eigenvalue weighted by Gasteiger charge is -2.33. The number of ether oxygens (including phenoxy) is 3. The molecule has 2 rings (SSSR count). The first-order valence-electron chi connectivity index (χ1n) is 9.05. The van der Waals surface area contributed by atoms with Crippen molar-refractivity contribution in [2.75, 3.05) is 40.5 Å². The summed E-state index contributed by atoms with van der Waals surface area (Å²) < 4.78 is 16.3. The van der Waals surface area contributed by atoms with Crippen molar-refractivity contribution >= 4 is 11.8 Å². The maximum Gasteiger partial charge on any atom is 0.255 e. The van der Waals surface area contributed by atoms with Gasteiger partial charge in [0.05, 0.1) is 19.3 Å². The molecule has 1 unspecified atom stereocenters. The maximum atomic E-state index is 12.4. The first kappa shape index (κ1) is 21.0. The van der Waals surface area contributed by atoms with Crippen LogP contribution in [0.4, 0.5) is 0 Å². The van der Waals surface area contributed by atoms with Gasteiger partial charge in [-0.1, -0.05) is 0 Å². The van der Waals surface area contributed by atoms with Crippen molar-refractivity contribution < 1.29 is 28.9 Å². The lowest BCUT2D eigenvalue weighted by molar-refractivity contribution is -0.141. The third-order valence-corrected chi connectivity index (χ3v) is 4.43. The second-order valence-electron chi connectivity index (χ2n) is 6.43. The highest BCUT2D eigenvalue weighted by molar-refractivity contribution is 5.97. The molecular weight excluding hydrogens is 352 g/mol. The summed E-state index contributed by atoms with van der Waals surface area (Å²) in [4.78, 5) is 25.9. The smallest absolute Gasteiger partial charge is 0.255 e. The third kappa shape index (κ3) is 5.83. The number of carbonyl (C=O) groups is 2. The van der Waals surface area contributed by atoms with Gasteiger partial charge in [-0.2, -0.15) is 0 Å². The molecule has 1 aliphatic heterocycles. The summed E-state index contributed by atoms with van der Waals surface area (Å²) in [6.07, 6.45) is 0.129. The van der Waals surface area contributed by atoms with E-state index < -0.39 is 6.10 Å².